The quantitative estimate of drug-likeness (QED) is 0.891. The third kappa shape index (κ3) is 3.27. The average Bonchev–Trinajstić information content (AvgIpc) is 2.54. The lowest BCUT2D eigenvalue weighted by atomic mass is 10.0. The van der Waals surface area contributed by atoms with Crippen LogP contribution in [0.2, 0.25) is 0 Å². The molecule has 0 amide bonds. The second-order valence-electron chi connectivity index (χ2n) is 5.52. The molecule has 0 spiro atoms. The van der Waals surface area contributed by atoms with E-state index in [1.807, 2.05) is 6.92 Å². The highest BCUT2D eigenvalue weighted by Crippen LogP contribution is 2.31. The molecule has 0 radical (unpaired) electrons. The second kappa shape index (κ2) is 6.07. The minimum absolute atomic E-state index is 0.0968. The van der Waals surface area contributed by atoms with Crippen LogP contribution in [0.15, 0.2) is 22.7 Å². The predicted molar refractivity (Wildman–Crippen MR) is 82.0 cm³/mol. The Morgan fingerprint density at radius 2 is 2.11 bits per heavy atom. The molecule has 0 saturated carbocycles. The predicted octanol–water partition coefficient (Wildman–Crippen LogP) is 4.10. The van der Waals surface area contributed by atoms with E-state index in [9.17, 15) is 0 Å². The van der Waals surface area contributed by atoms with E-state index in [0.29, 0.717) is 0 Å². The molecule has 1 saturated heterocycles. The summed E-state index contributed by atoms with van der Waals surface area (Å²) in [5.74, 6) is 0.858. The van der Waals surface area contributed by atoms with Gasteiger partial charge in [-0.2, -0.15) is 0 Å². The lowest BCUT2D eigenvalue weighted by molar-refractivity contribution is 0.521. The van der Waals surface area contributed by atoms with E-state index < -0.39 is 0 Å². The molecule has 1 heterocycles. The Balaban J connectivity index is 2.17. The highest BCUT2D eigenvalue weighted by atomic mass is 79.9. The lowest BCUT2D eigenvalue weighted by Crippen LogP contribution is -2.24. The standard InChI is InChI=1S/C15H23BrN2/c1-11-4-3-8-18(9-7-11)15-6-5-13(12(2)17)10-14(15)16/h5-6,10-12H,3-4,7-9,17H2,1-2H3. The largest absolute Gasteiger partial charge is 0.371 e. The molecule has 1 fully saturated rings. The Kier molecular flexibility index (Phi) is 4.68. The fraction of sp³-hybridized carbons (Fsp3) is 0.600. The maximum atomic E-state index is 5.92. The van der Waals surface area contributed by atoms with Crippen LogP contribution in [0.3, 0.4) is 0 Å². The maximum Gasteiger partial charge on any atom is 0.0510 e. The molecule has 1 aliphatic heterocycles. The monoisotopic (exact) mass is 310 g/mol. The fourth-order valence-electron chi connectivity index (χ4n) is 2.57. The molecular formula is C15H23BrN2. The number of anilines is 1. The van der Waals surface area contributed by atoms with E-state index in [1.165, 1.54) is 41.5 Å². The molecule has 0 aliphatic carbocycles. The van der Waals surface area contributed by atoms with E-state index in [2.05, 4.69) is 46.0 Å². The molecule has 2 N–H and O–H groups in total. The van der Waals surface area contributed by atoms with Gasteiger partial charge in [-0.1, -0.05) is 13.0 Å². The normalized spacial score (nSPS) is 22.7. The molecule has 1 aliphatic rings. The van der Waals surface area contributed by atoms with Gasteiger partial charge in [-0.05, 0) is 65.7 Å². The molecule has 0 aromatic heterocycles. The van der Waals surface area contributed by atoms with Crippen LogP contribution in [-0.2, 0) is 0 Å². The molecule has 18 heavy (non-hydrogen) atoms. The summed E-state index contributed by atoms with van der Waals surface area (Å²) in [6.45, 7) is 6.71. The Labute approximate surface area is 119 Å². The average molecular weight is 311 g/mol. The highest BCUT2D eigenvalue weighted by Gasteiger charge is 2.16. The van der Waals surface area contributed by atoms with Crippen LogP contribution in [-0.4, -0.2) is 13.1 Å². The molecule has 2 atom stereocenters. The number of hydrogen-bond donors (Lipinski definition) is 1. The van der Waals surface area contributed by atoms with Crippen LogP contribution in [0.25, 0.3) is 0 Å². The van der Waals surface area contributed by atoms with Crippen molar-refractivity contribution in [3.63, 3.8) is 0 Å². The van der Waals surface area contributed by atoms with Gasteiger partial charge in [0.2, 0.25) is 0 Å². The van der Waals surface area contributed by atoms with Gasteiger partial charge in [0.25, 0.3) is 0 Å². The Hall–Kier alpha value is -0.540. The third-order valence-electron chi connectivity index (χ3n) is 3.85. The van der Waals surface area contributed by atoms with E-state index in [-0.39, 0.29) is 6.04 Å². The van der Waals surface area contributed by atoms with E-state index in [4.69, 9.17) is 5.73 Å². The number of hydrogen-bond acceptors (Lipinski definition) is 2. The number of benzene rings is 1. The van der Waals surface area contributed by atoms with Gasteiger partial charge in [-0.3, -0.25) is 0 Å². The van der Waals surface area contributed by atoms with Crippen molar-refractivity contribution in [2.24, 2.45) is 11.7 Å². The van der Waals surface area contributed by atoms with Crippen molar-refractivity contribution >= 4 is 21.6 Å². The number of nitrogens with zero attached hydrogens (tertiary/aromatic N) is 1. The van der Waals surface area contributed by atoms with Gasteiger partial charge in [-0.25, -0.2) is 0 Å². The van der Waals surface area contributed by atoms with Crippen LogP contribution in [0.4, 0.5) is 5.69 Å². The highest BCUT2D eigenvalue weighted by molar-refractivity contribution is 9.10. The van der Waals surface area contributed by atoms with Gasteiger partial charge in [0.1, 0.15) is 0 Å². The first-order valence-electron chi connectivity index (χ1n) is 6.88. The van der Waals surface area contributed by atoms with Gasteiger partial charge in [0.05, 0.1) is 5.69 Å². The van der Waals surface area contributed by atoms with Crippen molar-refractivity contribution in [1.82, 2.24) is 0 Å². The maximum absolute atomic E-state index is 5.92. The summed E-state index contributed by atoms with van der Waals surface area (Å²) in [6, 6.07) is 6.62. The fourth-order valence-corrected chi connectivity index (χ4v) is 3.21. The summed E-state index contributed by atoms with van der Waals surface area (Å²) in [4.78, 5) is 2.50. The summed E-state index contributed by atoms with van der Waals surface area (Å²) < 4.78 is 1.17. The van der Waals surface area contributed by atoms with Crippen LogP contribution < -0.4 is 10.6 Å². The number of halogens is 1. The molecule has 1 aromatic rings. The van der Waals surface area contributed by atoms with Crippen molar-refractivity contribution in [1.29, 1.82) is 0 Å². The molecule has 2 unspecified atom stereocenters. The first kappa shape index (κ1) is 13.9. The van der Waals surface area contributed by atoms with Crippen LogP contribution in [0, 0.1) is 5.92 Å². The van der Waals surface area contributed by atoms with Crippen molar-refractivity contribution in [2.45, 2.75) is 39.2 Å². The van der Waals surface area contributed by atoms with Gasteiger partial charge in [0.15, 0.2) is 0 Å². The molecule has 2 rings (SSSR count). The molecule has 0 bridgehead atoms. The van der Waals surface area contributed by atoms with E-state index in [1.54, 1.807) is 0 Å². The summed E-state index contributed by atoms with van der Waals surface area (Å²) in [5.41, 5.74) is 8.42. The Morgan fingerprint density at radius 3 is 2.78 bits per heavy atom. The van der Waals surface area contributed by atoms with Crippen LogP contribution >= 0.6 is 15.9 Å². The molecule has 2 nitrogen and oxygen atoms in total. The summed E-state index contributed by atoms with van der Waals surface area (Å²) in [5, 5.41) is 0. The Bertz CT molecular complexity index is 403. The SMILES string of the molecule is CC1CCCN(c2ccc(C(C)N)cc2Br)CC1. The Morgan fingerprint density at radius 1 is 1.33 bits per heavy atom. The van der Waals surface area contributed by atoms with Gasteiger partial charge >= 0.3 is 0 Å². The first-order chi connectivity index (χ1) is 8.58. The van der Waals surface area contributed by atoms with E-state index in [0.717, 1.165) is 12.5 Å². The van der Waals surface area contributed by atoms with Crippen LogP contribution in [0.1, 0.15) is 44.7 Å². The summed E-state index contributed by atoms with van der Waals surface area (Å²) in [7, 11) is 0. The summed E-state index contributed by atoms with van der Waals surface area (Å²) >= 11 is 3.69. The summed E-state index contributed by atoms with van der Waals surface area (Å²) in [6.07, 6.45) is 3.94. The van der Waals surface area contributed by atoms with Crippen molar-refractivity contribution < 1.29 is 0 Å². The molecule has 3 heteroatoms. The molecular weight excluding hydrogens is 288 g/mol. The van der Waals surface area contributed by atoms with Crippen LogP contribution in [0.5, 0.6) is 0 Å². The molecule has 100 valence electrons. The van der Waals surface area contributed by atoms with Crippen molar-refractivity contribution in [3.8, 4) is 0 Å². The minimum atomic E-state index is 0.0968. The van der Waals surface area contributed by atoms with Crippen molar-refractivity contribution in [2.75, 3.05) is 18.0 Å². The zero-order valence-corrected chi connectivity index (χ0v) is 12.9. The second-order valence-corrected chi connectivity index (χ2v) is 6.38. The third-order valence-corrected chi connectivity index (χ3v) is 4.49. The van der Waals surface area contributed by atoms with E-state index >= 15 is 0 Å². The minimum Gasteiger partial charge on any atom is -0.371 e. The molecule has 1 aromatic carbocycles. The van der Waals surface area contributed by atoms with Crippen molar-refractivity contribution in [3.05, 3.63) is 28.2 Å². The van der Waals surface area contributed by atoms with Gasteiger partial charge in [0, 0.05) is 23.6 Å². The first-order valence-corrected chi connectivity index (χ1v) is 7.67. The number of rotatable bonds is 2. The smallest absolute Gasteiger partial charge is 0.0510 e. The topological polar surface area (TPSA) is 29.3 Å². The zero-order chi connectivity index (χ0) is 13.1. The van der Waals surface area contributed by atoms with Gasteiger partial charge < -0.3 is 10.6 Å². The zero-order valence-electron chi connectivity index (χ0n) is 11.3. The number of nitrogens with two attached hydrogens (primary N) is 1. The van der Waals surface area contributed by atoms with Gasteiger partial charge in [-0.15, -0.1) is 0 Å². The lowest BCUT2D eigenvalue weighted by Gasteiger charge is -2.24.